The number of rotatable bonds is 4. The fourth-order valence-corrected chi connectivity index (χ4v) is 1.41. The minimum Gasteiger partial charge on any atom is -0.384 e. The highest BCUT2D eigenvalue weighted by atomic mass is 16.1. The average Bonchev–Trinajstić information content (AvgIpc) is 2.41. The van der Waals surface area contributed by atoms with Gasteiger partial charge in [-0.05, 0) is 13.3 Å². The summed E-state index contributed by atoms with van der Waals surface area (Å²) < 4.78 is 1.73. The second-order valence-corrected chi connectivity index (χ2v) is 3.41. The molecule has 4 heteroatoms. The second-order valence-electron chi connectivity index (χ2n) is 3.41. The summed E-state index contributed by atoms with van der Waals surface area (Å²) in [6.07, 6.45) is 3.36. The van der Waals surface area contributed by atoms with Gasteiger partial charge in [0, 0.05) is 12.1 Å². The molecule has 1 heterocycles. The van der Waals surface area contributed by atoms with Gasteiger partial charge in [-0.25, -0.2) is 0 Å². The number of H-pyrrole nitrogens is 1. The van der Waals surface area contributed by atoms with Gasteiger partial charge in [0.05, 0.1) is 0 Å². The Morgan fingerprint density at radius 3 is 2.85 bits per heavy atom. The molecule has 0 saturated carbocycles. The lowest BCUT2D eigenvalue weighted by Crippen LogP contribution is -2.12. The predicted molar refractivity (Wildman–Crippen MR) is 53.7 cm³/mol. The zero-order valence-corrected chi connectivity index (χ0v) is 8.21. The van der Waals surface area contributed by atoms with E-state index < -0.39 is 0 Å². The first-order valence-electron chi connectivity index (χ1n) is 4.72. The van der Waals surface area contributed by atoms with E-state index in [0.29, 0.717) is 5.82 Å². The molecule has 0 saturated heterocycles. The molecule has 1 aromatic rings. The van der Waals surface area contributed by atoms with Crippen LogP contribution in [0, 0.1) is 0 Å². The van der Waals surface area contributed by atoms with Crippen molar-refractivity contribution >= 4 is 5.82 Å². The van der Waals surface area contributed by atoms with E-state index in [1.807, 2.05) is 0 Å². The van der Waals surface area contributed by atoms with Crippen LogP contribution in [0.15, 0.2) is 10.9 Å². The van der Waals surface area contributed by atoms with Crippen LogP contribution < -0.4 is 11.3 Å². The van der Waals surface area contributed by atoms with Gasteiger partial charge in [-0.3, -0.25) is 14.6 Å². The number of hydrogen-bond acceptors (Lipinski definition) is 2. The van der Waals surface area contributed by atoms with E-state index in [1.54, 1.807) is 4.68 Å². The molecule has 0 radical (unpaired) electrons. The summed E-state index contributed by atoms with van der Waals surface area (Å²) in [5.41, 5.74) is 5.52. The van der Waals surface area contributed by atoms with Crippen molar-refractivity contribution in [2.75, 3.05) is 5.73 Å². The highest BCUT2D eigenvalue weighted by molar-refractivity contribution is 5.26. The molecule has 0 unspecified atom stereocenters. The van der Waals surface area contributed by atoms with Gasteiger partial charge in [0.1, 0.15) is 5.82 Å². The lowest BCUT2D eigenvalue weighted by Gasteiger charge is -2.13. The summed E-state index contributed by atoms with van der Waals surface area (Å²) in [7, 11) is 0. The Hall–Kier alpha value is -1.19. The summed E-state index contributed by atoms with van der Waals surface area (Å²) in [5, 5.41) is 2.69. The number of unbranched alkanes of at least 4 members (excludes halogenated alkanes) is 1. The van der Waals surface area contributed by atoms with Crippen molar-refractivity contribution in [2.24, 2.45) is 0 Å². The maximum atomic E-state index is 10.9. The smallest absolute Gasteiger partial charge is 0.266 e. The monoisotopic (exact) mass is 183 g/mol. The summed E-state index contributed by atoms with van der Waals surface area (Å²) >= 11 is 0. The molecule has 0 amide bonds. The number of aromatic amines is 1. The standard InChI is InChI=1S/C9H17N3O/c1-3-4-5-7(2)12-8(10)6-9(13)11-12/h6-7H,3-5,10H2,1-2H3,(H,11,13)/t7-/m1/s1. The van der Waals surface area contributed by atoms with Gasteiger partial charge in [0.15, 0.2) is 0 Å². The van der Waals surface area contributed by atoms with E-state index in [4.69, 9.17) is 5.73 Å². The van der Waals surface area contributed by atoms with E-state index in [1.165, 1.54) is 6.07 Å². The third-order valence-electron chi connectivity index (χ3n) is 2.20. The van der Waals surface area contributed by atoms with Gasteiger partial charge in [-0.15, -0.1) is 0 Å². The maximum absolute atomic E-state index is 10.9. The van der Waals surface area contributed by atoms with Crippen LogP contribution in [-0.4, -0.2) is 9.78 Å². The average molecular weight is 183 g/mol. The van der Waals surface area contributed by atoms with E-state index in [-0.39, 0.29) is 11.6 Å². The molecule has 0 aliphatic rings. The Kier molecular flexibility index (Phi) is 3.17. The van der Waals surface area contributed by atoms with Crippen molar-refractivity contribution in [1.29, 1.82) is 0 Å². The number of hydrogen-bond donors (Lipinski definition) is 2. The minimum absolute atomic E-state index is 0.124. The number of nitrogens with zero attached hydrogens (tertiary/aromatic N) is 1. The van der Waals surface area contributed by atoms with Crippen molar-refractivity contribution in [2.45, 2.75) is 39.2 Å². The van der Waals surface area contributed by atoms with Crippen LogP contribution in [0.4, 0.5) is 5.82 Å². The fourth-order valence-electron chi connectivity index (χ4n) is 1.41. The maximum Gasteiger partial charge on any atom is 0.266 e. The third kappa shape index (κ3) is 2.37. The zero-order valence-electron chi connectivity index (χ0n) is 8.21. The van der Waals surface area contributed by atoms with Crippen molar-refractivity contribution in [1.82, 2.24) is 9.78 Å². The van der Waals surface area contributed by atoms with Crippen LogP contribution in [0.5, 0.6) is 0 Å². The first-order valence-corrected chi connectivity index (χ1v) is 4.72. The highest BCUT2D eigenvalue weighted by Gasteiger charge is 2.07. The third-order valence-corrected chi connectivity index (χ3v) is 2.20. The molecule has 0 bridgehead atoms. The minimum atomic E-state index is -0.124. The van der Waals surface area contributed by atoms with Gasteiger partial charge in [0.2, 0.25) is 0 Å². The van der Waals surface area contributed by atoms with Gasteiger partial charge >= 0.3 is 0 Å². The number of nitrogens with one attached hydrogen (secondary N) is 1. The number of nitrogens with two attached hydrogens (primary N) is 1. The largest absolute Gasteiger partial charge is 0.384 e. The van der Waals surface area contributed by atoms with Crippen LogP contribution in [0.1, 0.15) is 39.2 Å². The van der Waals surface area contributed by atoms with Gasteiger partial charge in [0.25, 0.3) is 5.56 Å². The topological polar surface area (TPSA) is 63.8 Å². The molecule has 3 N–H and O–H groups in total. The molecule has 0 aliphatic heterocycles. The molecule has 0 aliphatic carbocycles. The number of nitrogen functional groups attached to an aromatic ring is 1. The normalized spacial score (nSPS) is 13.1. The summed E-state index contributed by atoms with van der Waals surface area (Å²) in [6, 6.07) is 1.70. The van der Waals surface area contributed by atoms with Gasteiger partial charge in [-0.1, -0.05) is 19.8 Å². The molecule has 13 heavy (non-hydrogen) atoms. The van der Waals surface area contributed by atoms with Crippen molar-refractivity contribution in [3.8, 4) is 0 Å². The Labute approximate surface area is 77.7 Å². The number of anilines is 1. The van der Waals surface area contributed by atoms with Crippen LogP contribution in [0.2, 0.25) is 0 Å². The quantitative estimate of drug-likeness (QED) is 0.743. The van der Waals surface area contributed by atoms with Crippen LogP contribution in [-0.2, 0) is 0 Å². The molecule has 74 valence electrons. The van der Waals surface area contributed by atoms with Crippen molar-refractivity contribution < 1.29 is 0 Å². The lowest BCUT2D eigenvalue weighted by molar-refractivity contribution is 0.447. The van der Waals surface area contributed by atoms with E-state index >= 15 is 0 Å². The van der Waals surface area contributed by atoms with Crippen LogP contribution >= 0.6 is 0 Å². The number of aromatic nitrogens is 2. The predicted octanol–water partition coefficient (Wildman–Crippen LogP) is 1.51. The molecule has 0 spiro atoms. The van der Waals surface area contributed by atoms with E-state index in [2.05, 4.69) is 18.9 Å². The lowest BCUT2D eigenvalue weighted by atomic mass is 10.1. The van der Waals surface area contributed by atoms with Crippen LogP contribution in [0.3, 0.4) is 0 Å². The van der Waals surface area contributed by atoms with Crippen LogP contribution in [0.25, 0.3) is 0 Å². The SMILES string of the molecule is CCCC[C@@H](C)n1[nH]c(=O)cc1N. The molecular weight excluding hydrogens is 166 g/mol. The molecule has 4 nitrogen and oxygen atoms in total. The molecular formula is C9H17N3O. The zero-order chi connectivity index (χ0) is 9.84. The van der Waals surface area contributed by atoms with Crippen molar-refractivity contribution in [3.05, 3.63) is 16.4 Å². The Morgan fingerprint density at radius 1 is 1.69 bits per heavy atom. The molecule has 1 rings (SSSR count). The molecule has 1 aromatic heterocycles. The molecule has 1 atom stereocenters. The Bertz CT molecular complexity index is 313. The first kappa shape index (κ1) is 9.89. The Balaban J connectivity index is 2.70. The highest BCUT2D eigenvalue weighted by Crippen LogP contribution is 2.15. The van der Waals surface area contributed by atoms with E-state index in [0.717, 1.165) is 19.3 Å². The van der Waals surface area contributed by atoms with Crippen molar-refractivity contribution in [3.63, 3.8) is 0 Å². The molecule has 0 fully saturated rings. The van der Waals surface area contributed by atoms with E-state index in [9.17, 15) is 4.79 Å². The summed E-state index contributed by atoms with van der Waals surface area (Å²) in [5.74, 6) is 0.522. The van der Waals surface area contributed by atoms with Gasteiger partial charge < -0.3 is 5.73 Å². The fraction of sp³-hybridized carbons (Fsp3) is 0.667. The van der Waals surface area contributed by atoms with Gasteiger partial charge in [-0.2, -0.15) is 0 Å². The first-order chi connectivity index (χ1) is 6.15. The second kappa shape index (κ2) is 4.16. The Morgan fingerprint density at radius 2 is 2.38 bits per heavy atom. The molecule has 0 aromatic carbocycles. The summed E-state index contributed by atoms with van der Waals surface area (Å²) in [6.45, 7) is 4.20. The summed E-state index contributed by atoms with van der Waals surface area (Å²) in [4.78, 5) is 10.9.